The number of hydrogen-bond acceptors (Lipinski definition) is 2. The average molecular weight is 373 g/mol. The van der Waals surface area contributed by atoms with Gasteiger partial charge >= 0.3 is 0 Å². The largest absolute Gasteiger partial charge is 0.359 e. The van der Waals surface area contributed by atoms with Crippen molar-refractivity contribution in [2.24, 2.45) is 0 Å². The first-order valence-corrected chi connectivity index (χ1v) is 10.1. The zero-order valence-corrected chi connectivity index (χ0v) is 16.6. The molecule has 0 aliphatic heterocycles. The molecule has 0 fully saturated rings. The summed E-state index contributed by atoms with van der Waals surface area (Å²) in [6.07, 6.45) is 4.47. The van der Waals surface area contributed by atoms with Crippen LogP contribution in [0.5, 0.6) is 0 Å². The van der Waals surface area contributed by atoms with Gasteiger partial charge in [-0.2, -0.15) is 0 Å². The lowest BCUT2D eigenvalue weighted by Crippen LogP contribution is -2.29. The summed E-state index contributed by atoms with van der Waals surface area (Å²) in [6.45, 7) is 0.921. The van der Waals surface area contributed by atoms with Crippen LogP contribution in [0.15, 0.2) is 78.9 Å². The van der Waals surface area contributed by atoms with Crippen LogP contribution < -0.4 is 0 Å². The van der Waals surface area contributed by atoms with Gasteiger partial charge in [0.05, 0.1) is 6.61 Å². The van der Waals surface area contributed by atoms with Gasteiger partial charge in [0.15, 0.2) is 0 Å². The molecule has 0 saturated heterocycles. The summed E-state index contributed by atoms with van der Waals surface area (Å²) in [5, 5.41) is 0. The van der Waals surface area contributed by atoms with Gasteiger partial charge in [0.25, 0.3) is 0 Å². The molecule has 0 amide bonds. The van der Waals surface area contributed by atoms with Crippen LogP contribution in [0, 0.1) is 0 Å². The fourth-order valence-electron chi connectivity index (χ4n) is 4.58. The van der Waals surface area contributed by atoms with E-state index in [0.29, 0.717) is 13.4 Å². The molecule has 0 spiro atoms. The quantitative estimate of drug-likeness (QED) is 0.385. The summed E-state index contributed by atoms with van der Waals surface area (Å²) in [6, 6.07) is 28.7. The maximum Gasteiger partial charge on any atom is 0.146 e. The van der Waals surface area contributed by atoms with E-state index in [1.807, 2.05) is 0 Å². The third-order valence-electron chi connectivity index (χ3n) is 5.86. The van der Waals surface area contributed by atoms with Gasteiger partial charge in [-0.3, -0.25) is 0 Å². The molecular formula is C26H28O2. The normalized spacial score (nSPS) is 14.8. The van der Waals surface area contributed by atoms with Crippen molar-refractivity contribution in [2.75, 3.05) is 13.9 Å². The highest BCUT2D eigenvalue weighted by molar-refractivity contribution is 5.45. The molecule has 3 aromatic carbocycles. The second kappa shape index (κ2) is 8.72. The Morgan fingerprint density at radius 1 is 0.786 bits per heavy atom. The van der Waals surface area contributed by atoms with Crippen molar-refractivity contribution in [3.05, 3.63) is 107 Å². The Bertz CT molecular complexity index is 845. The smallest absolute Gasteiger partial charge is 0.146 e. The lowest BCUT2D eigenvalue weighted by Gasteiger charge is -2.32. The van der Waals surface area contributed by atoms with Crippen molar-refractivity contribution < 1.29 is 9.47 Å². The molecule has 3 aromatic rings. The van der Waals surface area contributed by atoms with E-state index in [2.05, 4.69) is 78.9 Å². The van der Waals surface area contributed by atoms with Crippen molar-refractivity contribution in [2.45, 2.75) is 37.7 Å². The van der Waals surface area contributed by atoms with Gasteiger partial charge in [0.2, 0.25) is 0 Å². The molecule has 1 aliphatic carbocycles. The monoisotopic (exact) mass is 372 g/mol. The van der Waals surface area contributed by atoms with Crippen molar-refractivity contribution in [1.82, 2.24) is 0 Å². The maximum atomic E-state index is 5.61. The number of benzene rings is 3. The van der Waals surface area contributed by atoms with Crippen LogP contribution >= 0.6 is 0 Å². The summed E-state index contributed by atoms with van der Waals surface area (Å²) in [5.74, 6) is 0. The molecule has 28 heavy (non-hydrogen) atoms. The summed E-state index contributed by atoms with van der Waals surface area (Å²) in [7, 11) is 1.66. The summed E-state index contributed by atoms with van der Waals surface area (Å²) < 4.78 is 10.6. The second-order valence-electron chi connectivity index (χ2n) is 7.85. The van der Waals surface area contributed by atoms with E-state index >= 15 is 0 Å². The molecule has 0 radical (unpaired) electrons. The van der Waals surface area contributed by atoms with Crippen LogP contribution in [-0.2, 0) is 40.8 Å². The molecule has 144 valence electrons. The van der Waals surface area contributed by atoms with Crippen LogP contribution in [0.3, 0.4) is 0 Å². The fourth-order valence-corrected chi connectivity index (χ4v) is 4.58. The molecule has 0 aromatic heterocycles. The van der Waals surface area contributed by atoms with E-state index in [4.69, 9.17) is 9.47 Å². The topological polar surface area (TPSA) is 18.5 Å². The fraction of sp³-hybridized carbons (Fsp3) is 0.308. The number of fused-ring (bicyclic) bond motifs is 1. The Labute approximate surface area is 168 Å². The van der Waals surface area contributed by atoms with Gasteiger partial charge in [-0.15, -0.1) is 0 Å². The Balaban J connectivity index is 1.69. The molecule has 0 N–H and O–H groups in total. The molecule has 1 aliphatic rings. The first kappa shape index (κ1) is 18.9. The van der Waals surface area contributed by atoms with Crippen LogP contribution in [0.1, 0.15) is 34.2 Å². The molecular weight excluding hydrogens is 344 g/mol. The second-order valence-corrected chi connectivity index (χ2v) is 7.85. The highest BCUT2D eigenvalue weighted by Crippen LogP contribution is 2.44. The van der Waals surface area contributed by atoms with Gasteiger partial charge in [-0.05, 0) is 53.5 Å². The first-order chi connectivity index (χ1) is 13.8. The Morgan fingerprint density at radius 3 is 2.04 bits per heavy atom. The molecule has 2 nitrogen and oxygen atoms in total. The number of hydrogen-bond donors (Lipinski definition) is 0. The van der Waals surface area contributed by atoms with Crippen LogP contribution in [0.25, 0.3) is 0 Å². The molecule has 0 heterocycles. The molecule has 4 rings (SSSR count). The third kappa shape index (κ3) is 4.19. The van der Waals surface area contributed by atoms with Gasteiger partial charge in [0, 0.05) is 12.5 Å². The van der Waals surface area contributed by atoms with Gasteiger partial charge in [0.1, 0.15) is 6.79 Å². The predicted octanol–water partition coefficient (Wildman–Crippen LogP) is 5.48. The Morgan fingerprint density at radius 2 is 1.43 bits per heavy atom. The van der Waals surface area contributed by atoms with E-state index in [-0.39, 0.29) is 5.41 Å². The maximum absolute atomic E-state index is 5.61. The van der Waals surface area contributed by atoms with E-state index < -0.39 is 0 Å². The van der Waals surface area contributed by atoms with Crippen molar-refractivity contribution in [3.8, 4) is 0 Å². The van der Waals surface area contributed by atoms with Gasteiger partial charge in [-0.1, -0.05) is 78.9 Å². The minimum absolute atomic E-state index is 0.134. The van der Waals surface area contributed by atoms with Gasteiger partial charge in [-0.25, -0.2) is 0 Å². The van der Waals surface area contributed by atoms with E-state index in [1.165, 1.54) is 34.2 Å². The standard InChI is InChI=1S/C26H28O2/c1-27-20-28-19-23-12-13-24-14-15-26(25(24)16-23,17-21-8-4-2-5-9-21)18-22-10-6-3-7-11-22/h2-13,16H,14-15,17-20H2,1H3. The van der Waals surface area contributed by atoms with Crippen LogP contribution in [0.4, 0.5) is 0 Å². The van der Waals surface area contributed by atoms with Crippen molar-refractivity contribution >= 4 is 0 Å². The van der Waals surface area contributed by atoms with Gasteiger partial charge < -0.3 is 9.47 Å². The lowest BCUT2D eigenvalue weighted by atomic mass is 9.72. The zero-order chi connectivity index (χ0) is 19.2. The molecule has 0 bridgehead atoms. The average Bonchev–Trinajstić information content (AvgIpc) is 3.07. The SMILES string of the molecule is COCOCc1ccc2c(c1)C(Cc1ccccc1)(Cc1ccccc1)CC2. The molecule has 0 atom stereocenters. The Hall–Kier alpha value is -2.42. The third-order valence-corrected chi connectivity index (χ3v) is 5.86. The van der Waals surface area contributed by atoms with Crippen LogP contribution in [0.2, 0.25) is 0 Å². The predicted molar refractivity (Wildman–Crippen MR) is 113 cm³/mol. The molecule has 0 saturated carbocycles. The Kier molecular flexibility index (Phi) is 5.90. The van der Waals surface area contributed by atoms with Crippen LogP contribution in [-0.4, -0.2) is 13.9 Å². The number of aryl methyl sites for hydroxylation is 1. The van der Waals surface area contributed by atoms with Crippen molar-refractivity contribution in [1.29, 1.82) is 0 Å². The summed E-state index contributed by atoms with van der Waals surface area (Å²) in [4.78, 5) is 0. The number of rotatable bonds is 8. The summed E-state index contributed by atoms with van der Waals surface area (Å²) in [5.41, 5.74) is 7.17. The molecule has 0 unspecified atom stereocenters. The highest BCUT2D eigenvalue weighted by Gasteiger charge is 2.39. The van der Waals surface area contributed by atoms with E-state index in [0.717, 1.165) is 19.3 Å². The summed E-state index contributed by atoms with van der Waals surface area (Å²) >= 11 is 0. The van der Waals surface area contributed by atoms with E-state index in [1.54, 1.807) is 7.11 Å². The zero-order valence-electron chi connectivity index (χ0n) is 16.6. The minimum Gasteiger partial charge on any atom is -0.359 e. The first-order valence-electron chi connectivity index (χ1n) is 10.1. The number of methoxy groups -OCH3 is 1. The number of ether oxygens (including phenoxy) is 2. The van der Waals surface area contributed by atoms with E-state index in [9.17, 15) is 0 Å². The minimum atomic E-state index is 0.134. The molecule has 2 heteroatoms. The lowest BCUT2D eigenvalue weighted by molar-refractivity contribution is -0.0390. The van der Waals surface area contributed by atoms with Crippen molar-refractivity contribution in [3.63, 3.8) is 0 Å². The highest BCUT2D eigenvalue weighted by atomic mass is 16.7.